The van der Waals surface area contributed by atoms with Crippen LogP contribution >= 0.6 is 0 Å². The Kier molecular flexibility index (Phi) is 9.27. The fraction of sp³-hybridized carbons (Fsp3) is 0.371. The molecule has 1 aromatic heterocycles. The van der Waals surface area contributed by atoms with Gasteiger partial charge in [-0.1, -0.05) is 91.0 Å². The van der Waals surface area contributed by atoms with Gasteiger partial charge in [-0.2, -0.15) is 8.42 Å². The molecular formula is C35H41N3O5S. The van der Waals surface area contributed by atoms with Crippen molar-refractivity contribution < 1.29 is 22.1 Å². The van der Waals surface area contributed by atoms with Gasteiger partial charge in [0.05, 0.1) is 24.9 Å². The molecule has 1 atom stereocenters. The van der Waals surface area contributed by atoms with Crippen LogP contribution in [0.15, 0.2) is 104 Å². The minimum Gasteiger partial charge on any atom is -0.444 e. The van der Waals surface area contributed by atoms with E-state index in [2.05, 4.69) is 41.0 Å². The lowest BCUT2D eigenvalue weighted by Crippen LogP contribution is -2.43. The molecule has 8 nitrogen and oxygen atoms in total. The van der Waals surface area contributed by atoms with Crippen LogP contribution in [-0.4, -0.2) is 60.5 Å². The lowest BCUT2D eigenvalue weighted by molar-refractivity contribution is 0.0167. The number of imidazole rings is 1. The third-order valence-electron chi connectivity index (χ3n) is 8.17. The van der Waals surface area contributed by atoms with Gasteiger partial charge in [-0.3, -0.25) is 4.18 Å². The minimum absolute atomic E-state index is 0.0258. The van der Waals surface area contributed by atoms with E-state index in [0.717, 1.165) is 28.6 Å². The SMILES string of the molecule is CC(C)(C)OC(=O)N1CCC(C(COS(C)(=O)=O)c2cn(C(c3ccccc3)(c3ccccc3)c3ccccc3)cn2)CC1. The minimum atomic E-state index is -3.68. The zero-order valence-corrected chi connectivity index (χ0v) is 26.6. The van der Waals surface area contributed by atoms with E-state index >= 15 is 0 Å². The zero-order valence-electron chi connectivity index (χ0n) is 25.8. The highest BCUT2D eigenvalue weighted by molar-refractivity contribution is 7.85. The Balaban J connectivity index is 1.55. The van der Waals surface area contributed by atoms with Gasteiger partial charge < -0.3 is 14.2 Å². The summed E-state index contributed by atoms with van der Waals surface area (Å²) in [5, 5.41) is 0. The van der Waals surface area contributed by atoms with Crippen LogP contribution in [0.5, 0.6) is 0 Å². The van der Waals surface area contributed by atoms with Gasteiger partial charge in [0.15, 0.2) is 0 Å². The molecule has 5 rings (SSSR count). The summed E-state index contributed by atoms with van der Waals surface area (Å²) in [6.07, 6.45) is 5.95. The molecule has 1 fully saturated rings. The van der Waals surface area contributed by atoms with Crippen LogP contribution in [0.25, 0.3) is 0 Å². The number of benzene rings is 3. The molecule has 0 bridgehead atoms. The molecule has 0 spiro atoms. The maximum atomic E-state index is 12.7. The van der Waals surface area contributed by atoms with Crippen LogP contribution in [0, 0.1) is 5.92 Å². The Bertz CT molecular complexity index is 1530. The molecule has 3 aromatic carbocycles. The van der Waals surface area contributed by atoms with Crippen LogP contribution in [0.3, 0.4) is 0 Å². The van der Waals surface area contributed by atoms with Gasteiger partial charge in [0.2, 0.25) is 0 Å². The molecule has 1 unspecified atom stereocenters. The topological polar surface area (TPSA) is 90.7 Å². The van der Waals surface area contributed by atoms with E-state index < -0.39 is 21.3 Å². The molecule has 0 N–H and O–H groups in total. The molecule has 0 radical (unpaired) electrons. The number of carbonyl (C=O) groups is 1. The first-order valence-corrected chi connectivity index (χ1v) is 16.8. The number of carbonyl (C=O) groups excluding carboxylic acids is 1. The van der Waals surface area contributed by atoms with E-state index in [-0.39, 0.29) is 24.5 Å². The van der Waals surface area contributed by atoms with Gasteiger partial charge in [-0.05, 0) is 56.2 Å². The summed E-state index contributed by atoms with van der Waals surface area (Å²) in [7, 11) is -3.68. The lowest BCUT2D eigenvalue weighted by Gasteiger charge is -2.37. The second-order valence-electron chi connectivity index (χ2n) is 12.4. The summed E-state index contributed by atoms with van der Waals surface area (Å²) in [5.41, 5.74) is 2.63. The van der Waals surface area contributed by atoms with Crippen molar-refractivity contribution in [3.63, 3.8) is 0 Å². The Morgan fingerprint density at radius 1 is 0.864 bits per heavy atom. The third-order valence-corrected chi connectivity index (χ3v) is 8.73. The number of aromatic nitrogens is 2. The maximum Gasteiger partial charge on any atom is 0.410 e. The predicted molar refractivity (Wildman–Crippen MR) is 171 cm³/mol. The van der Waals surface area contributed by atoms with E-state index in [1.807, 2.05) is 87.9 Å². The second kappa shape index (κ2) is 13.0. The van der Waals surface area contributed by atoms with Crippen molar-refractivity contribution in [3.05, 3.63) is 126 Å². The van der Waals surface area contributed by atoms with Crippen molar-refractivity contribution in [2.45, 2.75) is 50.7 Å². The fourth-order valence-corrected chi connectivity index (χ4v) is 6.56. The molecule has 232 valence electrons. The third kappa shape index (κ3) is 7.05. The van der Waals surface area contributed by atoms with Crippen molar-refractivity contribution in [3.8, 4) is 0 Å². The number of rotatable bonds is 9. The lowest BCUT2D eigenvalue weighted by atomic mass is 9.76. The molecule has 1 aliphatic rings. The molecule has 0 saturated carbocycles. The number of piperidine rings is 1. The van der Waals surface area contributed by atoms with Gasteiger partial charge in [-0.25, -0.2) is 9.78 Å². The largest absolute Gasteiger partial charge is 0.444 e. The number of ether oxygens (including phenoxy) is 1. The normalized spacial score (nSPS) is 15.6. The summed E-state index contributed by atoms with van der Waals surface area (Å²) in [6.45, 7) is 6.56. The summed E-state index contributed by atoms with van der Waals surface area (Å²) in [4.78, 5) is 19.4. The first kappa shape index (κ1) is 31.5. The van der Waals surface area contributed by atoms with Crippen LogP contribution in [0.1, 0.15) is 61.9 Å². The average molecular weight is 616 g/mol. The summed E-state index contributed by atoms with van der Waals surface area (Å²) >= 11 is 0. The second-order valence-corrected chi connectivity index (χ2v) is 14.1. The highest BCUT2D eigenvalue weighted by atomic mass is 32.2. The van der Waals surface area contributed by atoms with Crippen LogP contribution in [-0.2, 0) is 24.6 Å². The van der Waals surface area contributed by atoms with Crippen LogP contribution in [0.2, 0.25) is 0 Å². The van der Waals surface area contributed by atoms with Gasteiger partial charge in [0.25, 0.3) is 10.1 Å². The smallest absolute Gasteiger partial charge is 0.410 e. The van der Waals surface area contributed by atoms with Gasteiger partial charge in [0.1, 0.15) is 11.1 Å². The van der Waals surface area contributed by atoms with E-state index in [9.17, 15) is 13.2 Å². The number of likely N-dealkylation sites (tertiary alicyclic amines) is 1. The van der Waals surface area contributed by atoms with Crippen molar-refractivity contribution in [1.29, 1.82) is 0 Å². The van der Waals surface area contributed by atoms with E-state index in [1.165, 1.54) is 0 Å². The molecule has 4 aromatic rings. The molecule has 9 heteroatoms. The van der Waals surface area contributed by atoms with E-state index in [4.69, 9.17) is 13.9 Å². The highest BCUT2D eigenvalue weighted by Crippen LogP contribution is 2.42. The van der Waals surface area contributed by atoms with E-state index in [0.29, 0.717) is 25.9 Å². The molecule has 1 aliphatic heterocycles. The zero-order chi connectivity index (χ0) is 31.4. The highest BCUT2D eigenvalue weighted by Gasteiger charge is 2.40. The van der Waals surface area contributed by atoms with Gasteiger partial charge >= 0.3 is 6.09 Å². The van der Waals surface area contributed by atoms with Crippen LogP contribution in [0.4, 0.5) is 4.79 Å². The molecule has 1 saturated heterocycles. The fourth-order valence-electron chi connectivity index (χ4n) is 6.17. The summed E-state index contributed by atoms with van der Waals surface area (Å²) in [6, 6.07) is 31.0. The van der Waals surface area contributed by atoms with Crippen molar-refractivity contribution >= 4 is 16.2 Å². The molecule has 44 heavy (non-hydrogen) atoms. The van der Waals surface area contributed by atoms with Crippen molar-refractivity contribution in [1.82, 2.24) is 14.5 Å². The van der Waals surface area contributed by atoms with Gasteiger partial charge in [-0.15, -0.1) is 0 Å². The van der Waals surface area contributed by atoms with Crippen LogP contribution < -0.4 is 0 Å². The average Bonchev–Trinajstić information content (AvgIpc) is 3.48. The molecular weight excluding hydrogens is 574 g/mol. The number of hydrogen-bond donors (Lipinski definition) is 0. The Hall–Kier alpha value is -3.95. The quantitative estimate of drug-likeness (QED) is 0.159. The maximum absolute atomic E-state index is 12.7. The Morgan fingerprint density at radius 3 is 1.77 bits per heavy atom. The predicted octanol–water partition coefficient (Wildman–Crippen LogP) is 6.43. The Morgan fingerprint density at radius 2 is 1.34 bits per heavy atom. The first-order chi connectivity index (χ1) is 21.0. The molecule has 1 amide bonds. The summed E-state index contributed by atoms with van der Waals surface area (Å²) < 4.78 is 37.4. The first-order valence-electron chi connectivity index (χ1n) is 15.0. The van der Waals surface area contributed by atoms with Gasteiger partial charge in [0, 0.05) is 25.2 Å². The monoisotopic (exact) mass is 615 g/mol. The number of amides is 1. The number of nitrogens with zero attached hydrogens (tertiary/aromatic N) is 3. The molecule has 0 aliphatic carbocycles. The van der Waals surface area contributed by atoms with E-state index in [1.54, 1.807) is 4.90 Å². The Labute approximate surface area is 260 Å². The van der Waals surface area contributed by atoms with Crippen molar-refractivity contribution in [2.24, 2.45) is 5.92 Å². The summed E-state index contributed by atoms with van der Waals surface area (Å²) in [5.74, 6) is -0.245. The van der Waals surface area contributed by atoms with Crippen molar-refractivity contribution in [2.75, 3.05) is 26.0 Å². The molecule has 2 heterocycles. The number of hydrogen-bond acceptors (Lipinski definition) is 6. The standard InChI is InChI=1S/C35H41N3O5S/c1-34(2,3)43-33(39)37-22-20-27(21-23-37)31(25-42-44(4,40)41)32-24-38(26-36-32)35(28-14-8-5-9-15-28,29-16-10-6-11-17-29)30-18-12-7-13-19-30/h5-19,24,26-27,31H,20-23,25H2,1-4H3.